The zero-order chi connectivity index (χ0) is 15.7. The second-order valence-corrected chi connectivity index (χ2v) is 5.04. The molecule has 22 heavy (non-hydrogen) atoms. The molecule has 0 atom stereocenters. The lowest BCUT2D eigenvalue weighted by atomic mass is 10.1. The lowest BCUT2D eigenvalue weighted by molar-refractivity contribution is 0.505. The van der Waals surface area contributed by atoms with Crippen molar-refractivity contribution < 1.29 is 8.78 Å². The number of rotatable bonds is 2. The predicted molar refractivity (Wildman–Crippen MR) is 80.1 cm³/mol. The van der Waals surface area contributed by atoms with E-state index in [0.717, 1.165) is 11.3 Å². The molecule has 0 amide bonds. The zero-order valence-corrected chi connectivity index (χ0v) is 12.1. The number of halogens is 2. The Bertz CT molecular complexity index is 813. The van der Waals surface area contributed by atoms with E-state index < -0.39 is 11.6 Å². The molecule has 3 aromatic rings. The molecule has 5 heteroatoms. The summed E-state index contributed by atoms with van der Waals surface area (Å²) in [5, 5.41) is 0. The van der Waals surface area contributed by atoms with Crippen LogP contribution in [-0.2, 0) is 0 Å². The van der Waals surface area contributed by atoms with Gasteiger partial charge in [-0.25, -0.2) is 18.7 Å². The Balaban J connectivity index is 1.98. The first-order valence-corrected chi connectivity index (χ1v) is 6.76. The van der Waals surface area contributed by atoms with E-state index in [2.05, 4.69) is 15.0 Å². The van der Waals surface area contributed by atoms with E-state index >= 15 is 0 Å². The Morgan fingerprint density at radius 2 is 1.41 bits per heavy atom. The van der Waals surface area contributed by atoms with Crippen molar-refractivity contribution in [1.29, 1.82) is 0 Å². The minimum absolute atomic E-state index is 0.150. The van der Waals surface area contributed by atoms with E-state index in [1.54, 1.807) is 6.20 Å². The molecule has 0 aliphatic heterocycles. The van der Waals surface area contributed by atoms with E-state index in [1.807, 2.05) is 19.1 Å². The van der Waals surface area contributed by atoms with Crippen molar-refractivity contribution in [2.75, 3.05) is 0 Å². The van der Waals surface area contributed by atoms with E-state index in [0.29, 0.717) is 11.4 Å². The van der Waals surface area contributed by atoms with Crippen LogP contribution >= 0.6 is 0 Å². The van der Waals surface area contributed by atoms with Gasteiger partial charge < -0.3 is 0 Å². The number of pyridine rings is 1. The van der Waals surface area contributed by atoms with Gasteiger partial charge in [0.25, 0.3) is 0 Å². The molecule has 0 saturated carbocycles. The smallest absolute Gasteiger partial charge is 0.167 e. The van der Waals surface area contributed by atoms with Gasteiger partial charge in [-0.2, -0.15) is 0 Å². The van der Waals surface area contributed by atoms with Gasteiger partial charge in [0.2, 0.25) is 0 Å². The van der Waals surface area contributed by atoms with Gasteiger partial charge in [-0.15, -0.1) is 0 Å². The highest BCUT2D eigenvalue weighted by Crippen LogP contribution is 2.26. The van der Waals surface area contributed by atoms with Crippen LogP contribution in [0.25, 0.3) is 22.5 Å². The molecular weight excluding hydrogens is 284 g/mol. The number of aryl methyl sites for hydroxylation is 2. The standard InChI is InChI=1S/C17H13F2N3/c1-10-3-6-14(16(19)15(10)18)13-8-21-17(22-9-13)12-5-4-11(2)20-7-12/h3-9H,1-2H3. The van der Waals surface area contributed by atoms with Crippen LogP contribution in [0.3, 0.4) is 0 Å². The van der Waals surface area contributed by atoms with Crippen LogP contribution in [0.1, 0.15) is 11.3 Å². The highest BCUT2D eigenvalue weighted by atomic mass is 19.2. The van der Waals surface area contributed by atoms with E-state index in [-0.39, 0.29) is 11.1 Å². The second kappa shape index (κ2) is 5.60. The topological polar surface area (TPSA) is 38.7 Å². The largest absolute Gasteiger partial charge is 0.261 e. The van der Waals surface area contributed by atoms with Gasteiger partial charge in [0, 0.05) is 41.0 Å². The minimum atomic E-state index is -0.881. The molecule has 0 radical (unpaired) electrons. The molecule has 0 bridgehead atoms. The quantitative estimate of drug-likeness (QED) is 0.715. The number of nitrogens with zero attached hydrogens (tertiary/aromatic N) is 3. The molecular formula is C17H13F2N3. The van der Waals surface area contributed by atoms with Crippen LogP contribution in [0.15, 0.2) is 42.9 Å². The minimum Gasteiger partial charge on any atom is -0.261 e. The van der Waals surface area contributed by atoms with Crippen molar-refractivity contribution in [3.63, 3.8) is 0 Å². The molecule has 0 spiro atoms. The Hall–Kier alpha value is -2.69. The van der Waals surface area contributed by atoms with Gasteiger partial charge in [-0.1, -0.05) is 12.1 Å². The lowest BCUT2D eigenvalue weighted by Gasteiger charge is -2.06. The number of hydrogen-bond acceptors (Lipinski definition) is 3. The van der Waals surface area contributed by atoms with Gasteiger partial charge in [-0.3, -0.25) is 4.98 Å². The fourth-order valence-corrected chi connectivity index (χ4v) is 2.09. The number of benzene rings is 1. The lowest BCUT2D eigenvalue weighted by Crippen LogP contribution is -1.95. The van der Waals surface area contributed by atoms with E-state index in [4.69, 9.17) is 0 Å². The van der Waals surface area contributed by atoms with Crippen molar-refractivity contribution in [2.24, 2.45) is 0 Å². The summed E-state index contributed by atoms with van der Waals surface area (Å²) in [5.74, 6) is -1.23. The Labute approximate surface area is 126 Å². The highest BCUT2D eigenvalue weighted by molar-refractivity contribution is 5.64. The highest BCUT2D eigenvalue weighted by Gasteiger charge is 2.13. The second-order valence-electron chi connectivity index (χ2n) is 5.04. The summed E-state index contributed by atoms with van der Waals surface area (Å²) in [6, 6.07) is 6.79. The maximum atomic E-state index is 14.0. The summed E-state index contributed by atoms with van der Waals surface area (Å²) in [5.41, 5.74) is 2.52. The molecule has 110 valence electrons. The van der Waals surface area contributed by atoms with Crippen LogP contribution < -0.4 is 0 Å². The Morgan fingerprint density at radius 1 is 0.727 bits per heavy atom. The molecule has 0 fully saturated rings. The van der Waals surface area contributed by atoms with Gasteiger partial charge in [0.05, 0.1) is 0 Å². The molecule has 2 aromatic heterocycles. The van der Waals surface area contributed by atoms with Gasteiger partial charge in [0.15, 0.2) is 17.5 Å². The molecule has 0 unspecified atom stereocenters. The molecule has 1 aromatic carbocycles. The third-order valence-corrected chi connectivity index (χ3v) is 3.41. The monoisotopic (exact) mass is 297 g/mol. The van der Waals surface area contributed by atoms with Crippen LogP contribution in [-0.4, -0.2) is 15.0 Å². The maximum absolute atomic E-state index is 14.0. The number of hydrogen-bond donors (Lipinski definition) is 0. The molecule has 3 rings (SSSR count). The summed E-state index contributed by atoms with van der Waals surface area (Å²) in [6.07, 6.45) is 4.64. The molecule has 0 aliphatic rings. The predicted octanol–water partition coefficient (Wildman–Crippen LogP) is 4.10. The first-order chi connectivity index (χ1) is 10.6. The van der Waals surface area contributed by atoms with Crippen LogP contribution in [0, 0.1) is 25.5 Å². The summed E-state index contributed by atoms with van der Waals surface area (Å²) in [4.78, 5) is 12.6. The summed E-state index contributed by atoms with van der Waals surface area (Å²) < 4.78 is 27.6. The van der Waals surface area contributed by atoms with Crippen molar-refractivity contribution in [3.8, 4) is 22.5 Å². The maximum Gasteiger partial charge on any atom is 0.167 e. The summed E-state index contributed by atoms with van der Waals surface area (Å²) in [7, 11) is 0. The first kappa shape index (κ1) is 14.3. The van der Waals surface area contributed by atoms with E-state index in [9.17, 15) is 8.78 Å². The molecule has 2 heterocycles. The molecule has 0 aliphatic carbocycles. The zero-order valence-electron chi connectivity index (χ0n) is 12.1. The molecule has 3 nitrogen and oxygen atoms in total. The fraction of sp³-hybridized carbons (Fsp3) is 0.118. The van der Waals surface area contributed by atoms with Crippen LogP contribution in [0.2, 0.25) is 0 Å². The molecule has 0 saturated heterocycles. The van der Waals surface area contributed by atoms with Gasteiger partial charge in [-0.05, 0) is 31.5 Å². The number of aromatic nitrogens is 3. The third-order valence-electron chi connectivity index (χ3n) is 3.41. The normalized spacial score (nSPS) is 10.7. The average Bonchev–Trinajstić information content (AvgIpc) is 2.54. The summed E-state index contributed by atoms with van der Waals surface area (Å²) in [6.45, 7) is 3.41. The van der Waals surface area contributed by atoms with Crippen molar-refractivity contribution >= 4 is 0 Å². The van der Waals surface area contributed by atoms with E-state index in [1.165, 1.54) is 31.5 Å². The van der Waals surface area contributed by atoms with Crippen molar-refractivity contribution in [3.05, 3.63) is 65.7 Å². The average molecular weight is 297 g/mol. The van der Waals surface area contributed by atoms with Gasteiger partial charge in [0.1, 0.15) is 0 Å². The van der Waals surface area contributed by atoms with Crippen LogP contribution in [0.5, 0.6) is 0 Å². The molecule has 0 N–H and O–H groups in total. The first-order valence-electron chi connectivity index (χ1n) is 6.76. The third kappa shape index (κ3) is 2.57. The van der Waals surface area contributed by atoms with Crippen molar-refractivity contribution in [1.82, 2.24) is 15.0 Å². The van der Waals surface area contributed by atoms with Gasteiger partial charge >= 0.3 is 0 Å². The SMILES string of the molecule is Cc1ccc(-c2ncc(-c3ccc(C)c(F)c3F)cn2)cn1. The van der Waals surface area contributed by atoms with Crippen LogP contribution in [0.4, 0.5) is 8.78 Å². The summed E-state index contributed by atoms with van der Waals surface area (Å²) >= 11 is 0. The Kier molecular flexibility index (Phi) is 3.63. The Morgan fingerprint density at radius 3 is 2.05 bits per heavy atom. The fourth-order valence-electron chi connectivity index (χ4n) is 2.09. The van der Waals surface area contributed by atoms with Crippen molar-refractivity contribution in [2.45, 2.75) is 13.8 Å².